The molecule has 1 heterocycles. The molecule has 3 N–H and O–H groups in total. The Hall–Kier alpha value is -1.63. The van der Waals surface area contributed by atoms with Gasteiger partial charge in [0.25, 0.3) is 5.91 Å². The fraction of sp³-hybridized carbons (Fsp3) is 0.800. The highest BCUT2D eigenvalue weighted by molar-refractivity contribution is 5.95. The van der Waals surface area contributed by atoms with Crippen LogP contribution in [-0.4, -0.2) is 47.7 Å². The Morgan fingerprint density at radius 2 is 2.05 bits per heavy atom. The third kappa shape index (κ3) is 6.01. The minimum atomic E-state index is -4.03. The second kappa shape index (κ2) is 8.12. The average molecular weight is 324 g/mol. The number of nitrogens with one attached hydrogen (secondary N) is 2. The van der Waals surface area contributed by atoms with E-state index in [0.717, 1.165) is 0 Å². The number of carbonyl (C=O) groups excluding carboxylic acids is 2. The molecule has 1 aliphatic rings. The Morgan fingerprint density at radius 3 is 2.55 bits per heavy atom. The lowest BCUT2D eigenvalue weighted by Crippen LogP contribution is -2.49. The molecule has 0 bridgehead atoms. The number of aliphatic carboxylic acids is 1. The molecule has 2 amide bonds. The summed E-state index contributed by atoms with van der Waals surface area (Å²) in [5.74, 6) is -8.58. The number of hydrogen-bond donors (Lipinski definition) is 3. The van der Waals surface area contributed by atoms with Crippen molar-refractivity contribution in [3.63, 3.8) is 0 Å². The van der Waals surface area contributed by atoms with E-state index in [0.29, 0.717) is 6.42 Å². The zero-order valence-electron chi connectivity index (χ0n) is 22.2. The van der Waals surface area contributed by atoms with Crippen LogP contribution >= 0.6 is 0 Å². The van der Waals surface area contributed by atoms with Gasteiger partial charge >= 0.3 is 5.97 Å². The van der Waals surface area contributed by atoms with Crippen LogP contribution in [0.15, 0.2) is 0 Å². The third-order valence-electron chi connectivity index (χ3n) is 2.73. The summed E-state index contributed by atoms with van der Waals surface area (Å²) in [5, 5.41) is 12.6. The first-order valence-corrected chi connectivity index (χ1v) is 6.63. The maximum absolute atomic E-state index is 12.8. The molecule has 0 aliphatic carbocycles. The molecule has 126 valence electrons. The average Bonchev–Trinajstić information content (AvgIpc) is 3.39. The minimum Gasteiger partial charge on any atom is -0.479 e. The summed E-state index contributed by atoms with van der Waals surface area (Å²) in [5.41, 5.74) is 0. The molecule has 0 aromatic rings. The quantitative estimate of drug-likeness (QED) is 0.536. The Kier molecular flexibility index (Phi) is 3.06. The molecular weight excluding hydrogens is 288 g/mol. The monoisotopic (exact) mass is 324 g/mol. The molecule has 1 rings (SSSR count). The van der Waals surface area contributed by atoms with E-state index in [1.165, 1.54) is 0 Å². The molecule has 1 aliphatic heterocycles. The van der Waals surface area contributed by atoms with Crippen molar-refractivity contribution < 1.29 is 37.9 Å². The van der Waals surface area contributed by atoms with Gasteiger partial charge in [0.05, 0.1) is 1.37 Å². The first-order chi connectivity index (χ1) is 14.1. The molecule has 0 saturated carbocycles. The zero-order chi connectivity index (χ0) is 25.5. The van der Waals surface area contributed by atoms with Gasteiger partial charge in [0, 0.05) is 18.9 Å². The molecule has 0 aromatic carbocycles. The summed E-state index contributed by atoms with van der Waals surface area (Å²) in [4.78, 5) is 36.1. The molecule has 7 nitrogen and oxygen atoms in total. The Bertz CT molecular complexity index is 740. The van der Waals surface area contributed by atoms with E-state index in [1.807, 2.05) is 0 Å². The van der Waals surface area contributed by atoms with Crippen LogP contribution in [0.4, 0.5) is 0 Å². The van der Waals surface area contributed by atoms with Gasteiger partial charge in [-0.1, -0.05) is 27.6 Å². The molecule has 22 heavy (non-hydrogen) atoms. The van der Waals surface area contributed by atoms with Gasteiger partial charge in [-0.15, -0.1) is 0 Å². The van der Waals surface area contributed by atoms with Crippen molar-refractivity contribution in [3.05, 3.63) is 0 Å². The highest BCUT2D eigenvalue weighted by Crippen LogP contribution is 2.22. The van der Waals surface area contributed by atoms with Crippen LogP contribution in [0.5, 0.6) is 0 Å². The number of carbonyl (C=O) groups is 3. The van der Waals surface area contributed by atoms with Gasteiger partial charge in [0.15, 0.2) is 12.2 Å². The van der Waals surface area contributed by atoms with E-state index in [9.17, 15) is 14.4 Å². The number of amides is 2. The molecule has 0 unspecified atom stereocenters. The lowest BCUT2D eigenvalue weighted by Gasteiger charge is -2.20. The van der Waals surface area contributed by atoms with E-state index >= 15 is 0 Å². The topological polar surface area (TPSA) is 108 Å². The molecule has 1 fully saturated rings. The van der Waals surface area contributed by atoms with Gasteiger partial charge in [-0.25, -0.2) is 4.79 Å². The molecule has 0 radical (unpaired) electrons. The number of ether oxygens (including phenoxy) is 1. The first kappa shape index (κ1) is 8.29. The molecular formula is C15H26N2O5. The van der Waals surface area contributed by atoms with E-state index < -0.39 is 62.0 Å². The molecule has 3 atom stereocenters. The fourth-order valence-corrected chi connectivity index (χ4v) is 1.53. The van der Waals surface area contributed by atoms with Crippen molar-refractivity contribution in [3.8, 4) is 0 Å². The summed E-state index contributed by atoms with van der Waals surface area (Å²) in [7, 11) is 0. The number of rotatable bonds is 9. The maximum Gasteiger partial charge on any atom is 0.336 e. The Balaban J connectivity index is 3.50. The number of epoxide rings is 1. The van der Waals surface area contributed by atoms with Crippen molar-refractivity contribution in [2.24, 2.45) is 11.8 Å². The summed E-state index contributed by atoms with van der Waals surface area (Å²) < 4.78 is 82.5. The largest absolute Gasteiger partial charge is 0.479 e. The lowest BCUT2D eigenvalue weighted by molar-refractivity contribution is -0.138. The predicted octanol–water partition coefficient (Wildman–Crippen LogP) is 0.532. The van der Waals surface area contributed by atoms with Crippen LogP contribution in [0.25, 0.3) is 0 Å². The summed E-state index contributed by atoms with van der Waals surface area (Å²) in [6, 6.07) is -3.64. The molecule has 7 heteroatoms. The SMILES string of the molecule is [2H]C([2H])([2H])C([2H])(C([2H])([2H])[2H])C([2H])([2H])[C@@]([2H])(NC(=O)[C@H]1O[C@@H]1C(=O)O)C(=O)NCCC(C)C. The normalized spacial score (nSPS) is 32.0. The zero-order valence-corrected chi connectivity index (χ0v) is 12.2. The van der Waals surface area contributed by atoms with E-state index in [1.54, 1.807) is 19.2 Å². The maximum atomic E-state index is 12.8. The van der Waals surface area contributed by atoms with Gasteiger partial charge in [-0.2, -0.15) is 0 Å². The molecule has 0 spiro atoms. The Labute approximate surface area is 144 Å². The third-order valence-corrected chi connectivity index (χ3v) is 2.73. The van der Waals surface area contributed by atoms with E-state index in [4.69, 9.17) is 18.8 Å². The van der Waals surface area contributed by atoms with Crippen LogP contribution < -0.4 is 10.6 Å². The van der Waals surface area contributed by atoms with Gasteiger partial charge in [-0.3, -0.25) is 9.59 Å². The van der Waals surface area contributed by atoms with Gasteiger partial charge in [0.1, 0.15) is 6.02 Å². The summed E-state index contributed by atoms with van der Waals surface area (Å²) >= 11 is 0. The van der Waals surface area contributed by atoms with Gasteiger partial charge < -0.3 is 20.5 Å². The standard InChI is InChI=1S/C15H26N2O5/c1-8(2)5-6-16-13(18)10(7-9(3)4)17-14(19)11-12(22-11)15(20)21/h8-12H,5-7H2,1-4H3,(H,16,18)(H,17,19)(H,20,21)/t10-,11+,12+/m1/s1/i3D3,4D3,7D2,9D,10D. The van der Waals surface area contributed by atoms with Crippen LogP contribution in [0.3, 0.4) is 0 Å². The van der Waals surface area contributed by atoms with Gasteiger partial charge in [0.2, 0.25) is 5.91 Å². The highest BCUT2D eigenvalue weighted by Gasteiger charge is 2.51. The second-order valence-corrected chi connectivity index (χ2v) is 5.12. The summed E-state index contributed by atoms with van der Waals surface area (Å²) in [6.45, 7) is -4.29. The van der Waals surface area contributed by atoms with Crippen molar-refractivity contribution in [1.29, 1.82) is 0 Å². The first-order valence-electron chi connectivity index (χ1n) is 11.6. The number of carboxylic acids is 1. The van der Waals surface area contributed by atoms with Gasteiger partial charge in [-0.05, 0) is 24.6 Å². The van der Waals surface area contributed by atoms with E-state index in [-0.39, 0.29) is 12.5 Å². The van der Waals surface area contributed by atoms with Crippen molar-refractivity contribution in [1.82, 2.24) is 10.6 Å². The van der Waals surface area contributed by atoms with Crippen LogP contribution in [0, 0.1) is 11.8 Å². The number of carboxylic acid groups (broad SMARTS) is 1. The van der Waals surface area contributed by atoms with Crippen molar-refractivity contribution in [2.45, 2.75) is 58.6 Å². The molecule has 1 saturated heterocycles. The summed E-state index contributed by atoms with van der Waals surface area (Å²) in [6.07, 6.45) is -7.03. The predicted molar refractivity (Wildman–Crippen MR) is 80.1 cm³/mol. The van der Waals surface area contributed by atoms with Crippen LogP contribution in [0.1, 0.15) is 54.1 Å². The Morgan fingerprint density at radius 1 is 1.36 bits per heavy atom. The van der Waals surface area contributed by atoms with E-state index in [2.05, 4.69) is 10.1 Å². The minimum absolute atomic E-state index is 0.0537. The van der Waals surface area contributed by atoms with Crippen molar-refractivity contribution in [2.75, 3.05) is 6.54 Å². The van der Waals surface area contributed by atoms with Crippen molar-refractivity contribution >= 4 is 17.8 Å². The highest BCUT2D eigenvalue weighted by atomic mass is 16.6. The van der Waals surface area contributed by atoms with Crippen LogP contribution in [0.2, 0.25) is 0 Å². The lowest BCUT2D eigenvalue weighted by atomic mass is 10.0. The molecule has 0 aromatic heterocycles. The number of hydrogen-bond acceptors (Lipinski definition) is 4. The van der Waals surface area contributed by atoms with Crippen LogP contribution in [-0.2, 0) is 19.1 Å². The smallest absolute Gasteiger partial charge is 0.336 e. The second-order valence-electron chi connectivity index (χ2n) is 5.12. The fourth-order valence-electron chi connectivity index (χ4n) is 1.53.